The molecule has 1 atom stereocenters. The molecule has 2 aromatic rings. The number of piperidine rings is 1. The van der Waals surface area contributed by atoms with Crippen molar-refractivity contribution in [2.24, 2.45) is 0 Å². The SMILES string of the molecule is C[C@@H]1CCCCN1Cc1ccccc1CNC(=O)c1nccnc1N. The summed E-state index contributed by atoms with van der Waals surface area (Å²) >= 11 is 0. The van der Waals surface area contributed by atoms with Gasteiger partial charge in [0, 0.05) is 31.5 Å². The summed E-state index contributed by atoms with van der Waals surface area (Å²) in [4.78, 5) is 22.7. The Morgan fingerprint density at radius 1 is 1.24 bits per heavy atom. The van der Waals surface area contributed by atoms with Gasteiger partial charge in [0.05, 0.1) is 0 Å². The van der Waals surface area contributed by atoms with Crippen LogP contribution in [-0.2, 0) is 13.1 Å². The van der Waals surface area contributed by atoms with Crippen LogP contribution in [0.1, 0.15) is 47.8 Å². The summed E-state index contributed by atoms with van der Waals surface area (Å²) < 4.78 is 0. The normalized spacial score (nSPS) is 18.0. The van der Waals surface area contributed by atoms with Crippen molar-refractivity contribution in [3.05, 3.63) is 53.5 Å². The van der Waals surface area contributed by atoms with Crippen LogP contribution in [0.2, 0.25) is 0 Å². The number of nitrogens with one attached hydrogen (secondary N) is 1. The van der Waals surface area contributed by atoms with Gasteiger partial charge >= 0.3 is 0 Å². The van der Waals surface area contributed by atoms with Crippen molar-refractivity contribution < 1.29 is 4.79 Å². The highest BCUT2D eigenvalue weighted by Gasteiger charge is 2.19. The van der Waals surface area contributed by atoms with E-state index in [9.17, 15) is 4.79 Å². The topological polar surface area (TPSA) is 84.1 Å². The zero-order chi connectivity index (χ0) is 17.6. The summed E-state index contributed by atoms with van der Waals surface area (Å²) in [5.41, 5.74) is 8.26. The standard InChI is InChI=1S/C19H25N5O/c1-14-6-4-5-11-24(14)13-16-8-3-2-7-15(16)12-23-19(25)17-18(20)22-10-9-21-17/h2-3,7-10,14H,4-6,11-13H2,1H3,(H2,20,22)(H,23,25)/t14-/m1/s1. The molecule has 1 aliphatic heterocycles. The highest BCUT2D eigenvalue weighted by Crippen LogP contribution is 2.20. The van der Waals surface area contributed by atoms with Crippen LogP contribution in [0, 0.1) is 0 Å². The van der Waals surface area contributed by atoms with Gasteiger partial charge in [0.15, 0.2) is 11.5 Å². The molecule has 0 bridgehead atoms. The third kappa shape index (κ3) is 4.33. The van der Waals surface area contributed by atoms with E-state index in [4.69, 9.17) is 5.73 Å². The van der Waals surface area contributed by atoms with Gasteiger partial charge in [0.2, 0.25) is 0 Å². The molecule has 0 saturated carbocycles. The molecule has 3 rings (SSSR count). The van der Waals surface area contributed by atoms with E-state index in [1.807, 2.05) is 6.07 Å². The molecule has 0 aliphatic carbocycles. The first kappa shape index (κ1) is 17.4. The molecule has 25 heavy (non-hydrogen) atoms. The van der Waals surface area contributed by atoms with E-state index in [-0.39, 0.29) is 17.4 Å². The molecule has 2 heterocycles. The third-order valence-electron chi connectivity index (χ3n) is 4.81. The maximum absolute atomic E-state index is 12.3. The van der Waals surface area contributed by atoms with Crippen molar-refractivity contribution in [1.29, 1.82) is 0 Å². The number of likely N-dealkylation sites (tertiary alicyclic amines) is 1. The molecule has 6 heteroatoms. The Labute approximate surface area is 148 Å². The molecule has 1 amide bonds. The molecule has 132 valence electrons. The summed E-state index contributed by atoms with van der Waals surface area (Å²) in [7, 11) is 0. The fourth-order valence-corrected chi connectivity index (χ4v) is 3.28. The summed E-state index contributed by atoms with van der Waals surface area (Å²) in [6.07, 6.45) is 6.77. The summed E-state index contributed by atoms with van der Waals surface area (Å²) in [5.74, 6) is -0.151. The fraction of sp³-hybridized carbons (Fsp3) is 0.421. The number of hydrogen-bond acceptors (Lipinski definition) is 5. The van der Waals surface area contributed by atoms with Gasteiger partial charge in [-0.3, -0.25) is 9.69 Å². The predicted octanol–water partition coefficient (Wildman–Crippen LogP) is 2.36. The Hall–Kier alpha value is -2.47. The maximum Gasteiger partial charge on any atom is 0.273 e. The van der Waals surface area contributed by atoms with Gasteiger partial charge in [0.1, 0.15) is 0 Å². The average molecular weight is 339 g/mol. The first-order valence-electron chi connectivity index (χ1n) is 8.80. The monoisotopic (exact) mass is 339 g/mol. The zero-order valence-corrected chi connectivity index (χ0v) is 14.6. The van der Waals surface area contributed by atoms with Crippen molar-refractivity contribution in [1.82, 2.24) is 20.2 Å². The number of anilines is 1. The van der Waals surface area contributed by atoms with Crippen LogP contribution in [0.3, 0.4) is 0 Å². The molecular weight excluding hydrogens is 314 g/mol. The van der Waals surface area contributed by atoms with E-state index in [1.54, 1.807) is 0 Å². The number of carbonyl (C=O) groups is 1. The van der Waals surface area contributed by atoms with E-state index in [2.05, 4.69) is 45.3 Å². The predicted molar refractivity (Wildman–Crippen MR) is 97.8 cm³/mol. The second-order valence-electron chi connectivity index (χ2n) is 6.56. The average Bonchev–Trinajstić information content (AvgIpc) is 2.63. The number of hydrogen-bond donors (Lipinski definition) is 2. The minimum atomic E-state index is -0.299. The maximum atomic E-state index is 12.3. The van der Waals surface area contributed by atoms with Gasteiger partial charge < -0.3 is 11.1 Å². The molecule has 3 N–H and O–H groups in total. The molecule has 0 unspecified atom stereocenters. The van der Waals surface area contributed by atoms with Crippen LogP contribution in [0.15, 0.2) is 36.7 Å². The molecule has 6 nitrogen and oxygen atoms in total. The first-order valence-corrected chi connectivity index (χ1v) is 8.80. The third-order valence-corrected chi connectivity index (χ3v) is 4.81. The highest BCUT2D eigenvalue weighted by atomic mass is 16.1. The minimum absolute atomic E-state index is 0.149. The minimum Gasteiger partial charge on any atom is -0.382 e. The molecule has 1 fully saturated rings. The lowest BCUT2D eigenvalue weighted by Gasteiger charge is -2.33. The summed E-state index contributed by atoms with van der Waals surface area (Å²) in [6, 6.07) is 8.86. The number of rotatable bonds is 5. The van der Waals surface area contributed by atoms with E-state index in [0.29, 0.717) is 12.6 Å². The van der Waals surface area contributed by atoms with Crippen molar-refractivity contribution >= 4 is 11.7 Å². The van der Waals surface area contributed by atoms with Crippen LogP contribution in [0.25, 0.3) is 0 Å². The van der Waals surface area contributed by atoms with Gasteiger partial charge in [-0.15, -0.1) is 0 Å². The zero-order valence-electron chi connectivity index (χ0n) is 14.6. The molecular formula is C19H25N5O. The molecule has 1 saturated heterocycles. The van der Waals surface area contributed by atoms with Gasteiger partial charge in [-0.1, -0.05) is 30.7 Å². The fourth-order valence-electron chi connectivity index (χ4n) is 3.28. The number of carbonyl (C=O) groups excluding carboxylic acids is 1. The van der Waals surface area contributed by atoms with Gasteiger partial charge in [-0.05, 0) is 37.4 Å². The highest BCUT2D eigenvalue weighted by molar-refractivity contribution is 5.96. The lowest BCUT2D eigenvalue weighted by molar-refractivity contribution is 0.0946. The summed E-state index contributed by atoms with van der Waals surface area (Å²) in [6.45, 7) is 4.80. The molecule has 0 radical (unpaired) electrons. The van der Waals surface area contributed by atoms with Gasteiger partial charge in [-0.2, -0.15) is 0 Å². The van der Waals surface area contributed by atoms with Crippen molar-refractivity contribution in [3.8, 4) is 0 Å². The molecule has 1 aromatic heterocycles. The first-order chi connectivity index (χ1) is 12.1. The van der Waals surface area contributed by atoms with E-state index in [1.165, 1.54) is 37.2 Å². The quantitative estimate of drug-likeness (QED) is 0.873. The smallest absolute Gasteiger partial charge is 0.273 e. The van der Waals surface area contributed by atoms with Gasteiger partial charge in [-0.25, -0.2) is 9.97 Å². The molecule has 1 aromatic carbocycles. The Balaban J connectivity index is 1.67. The second-order valence-corrected chi connectivity index (χ2v) is 6.56. The van der Waals surface area contributed by atoms with Crippen LogP contribution >= 0.6 is 0 Å². The van der Waals surface area contributed by atoms with Crippen LogP contribution in [0.5, 0.6) is 0 Å². The van der Waals surface area contributed by atoms with E-state index < -0.39 is 0 Å². The number of nitrogens with two attached hydrogens (primary N) is 1. The Bertz CT molecular complexity index is 733. The van der Waals surface area contributed by atoms with Gasteiger partial charge in [0.25, 0.3) is 5.91 Å². The van der Waals surface area contributed by atoms with Crippen molar-refractivity contribution in [2.75, 3.05) is 12.3 Å². The summed E-state index contributed by atoms with van der Waals surface area (Å²) in [5, 5.41) is 2.90. The van der Waals surface area contributed by atoms with E-state index in [0.717, 1.165) is 18.7 Å². The van der Waals surface area contributed by atoms with Crippen molar-refractivity contribution in [3.63, 3.8) is 0 Å². The Kier molecular flexibility index (Phi) is 5.60. The number of benzene rings is 1. The Morgan fingerprint density at radius 2 is 2.00 bits per heavy atom. The van der Waals surface area contributed by atoms with Crippen LogP contribution in [0.4, 0.5) is 5.82 Å². The number of amides is 1. The van der Waals surface area contributed by atoms with E-state index >= 15 is 0 Å². The molecule has 0 spiro atoms. The van der Waals surface area contributed by atoms with Crippen LogP contribution in [-0.4, -0.2) is 33.4 Å². The largest absolute Gasteiger partial charge is 0.382 e. The molecule has 1 aliphatic rings. The van der Waals surface area contributed by atoms with Crippen molar-refractivity contribution in [2.45, 2.75) is 45.3 Å². The Morgan fingerprint density at radius 3 is 2.76 bits per heavy atom. The second kappa shape index (κ2) is 8.07. The number of aromatic nitrogens is 2. The lowest BCUT2D eigenvalue weighted by atomic mass is 10.0. The number of nitrogen functional groups attached to an aromatic ring is 1. The lowest BCUT2D eigenvalue weighted by Crippen LogP contribution is -2.37. The van der Waals surface area contributed by atoms with Crippen LogP contribution < -0.4 is 11.1 Å². The number of nitrogens with zero attached hydrogens (tertiary/aromatic N) is 3.